The molecule has 0 aromatic heterocycles. The first-order chi connectivity index (χ1) is 9.17. The van der Waals surface area contributed by atoms with E-state index in [0.717, 1.165) is 37.8 Å². The molecule has 1 saturated carbocycles. The molecule has 19 heavy (non-hydrogen) atoms. The molecule has 0 atom stereocenters. The molecule has 0 unspecified atom stereocenters. The van der Waals surface area contributed by atoms with Crippen LogP contribution in [0.5, 0.6) is 0 Å². The molecule has 3 fully saturated rings. The number of hydrogen-bond acceptors (Lipinski definition) is 3. The third kappa shape index (κ3) is 2.45. The van der Waals surface area contributed by atoms with Gasteiger partial charge in [-0.15, -0.1) is 0 Å². The van der Waals surface area contributed by atoms with E-state index in [1.54, 1.807) is 4.90 Å². The monoisotopic (exact) mass is 260 g/mol. The summed E-state index contributed by atoms with van der Waals surface area (Å²) >= 11 is 0. The molecule has 1 aliphatic carbocycles. The number of nitrogens with two attached hydrogens (primary N) is 1. The lowest BCUT2D eigenvalue weighted by Gasteiger charge is -2.51. The van der Waals surface area contributed by atoms with Gasteiger partial charge in [0, 0.05) is 6.54 Å². The summed E-state index contributed by atoms with van der Waals surface area (Å²) in [4.78, 5) is 13.9. The van der Waals surface area contributed by atoms with Gasteiger partial charge in [-0.3, -0.25) is 4.90 Å². The Labute approximate surface area is 113 Å². The normalized spacial score (nSPS) is 29.3. The van der Waals surface area contributed by atoms with Gasteiger partial charge in [-0.1, -0.05) is 30.3 Å². The SMILES string of the molecule is NC12CCC(CC1)CN2C(=O)OCc1ccccc1. The second-order valence-electron chi connectivity index (χ2n) is 5.70. The quantitative estimate of drug-likeness (QED) is 0.888. The van der Waals surface area contributed by atoms with E-state index in [1.807, 2.05) is 30.3 Å². The predicted octanol–water partition coefficient (Wildman–Crippen LogP) is 2.48. The molecule has 2 heterocycles. The van der Waals surface area contributed by atoms with Gasteiger partial charge in [0.25, 0.3) is 0 Å². The Balaban J connectivity index is 1.62. The lowest BCUT2D eigenvalue weighted by molar-refractivity contribution is -0.0294. The topological polar surface area (TPSA) is 55.6 Å². The number of carbonyl (C=O) groups is 1. The fourth-order valence-electron chi connectivity index (χ4n) is 3.12. The Bertz CT molecular complexity index is 452. The van der Waals surface area contributed by atoms with Gasteiger partial charge in [-0.05, 0) is 37.2 Å². The van der Waals surface area contributed by atoms with Crippen LogP contribution in [-0.4, -0.2) is 23.2 Å². The van der Waals surface area contributed by atoms with E-state index in [0.29, 0.717) is 12.5 Å². The number of fused-ring (bicyclic) bond motifs is 3. The molecule has 0 radical (unpaired) electrons. The molecule has 4 nitrogen and oxygen atoms in total. The van der Waals surface area contributed by atoms with Crippen molar-refractivity contribution in [2.24, 2.45) is 11.7 Å². The van der Waals surface area contributed by atoms with Gasteiger partial charge >= 0.3 is 6.09 Å². The molecule has 0 spiro atoms. The highest BCUT2D eigenvalue weighted by Crippen LogP contribution is 2.40. The maximum Gasteiger partial charge on any atom is 0.411 e. The molecule has 4 rings (SSSR count). The second-order valence-corrected chi connectivity index (χ2v) is 5.70. The van der Waals surface area contributed by atoms with Crippen molar-refractivity contribution in [2.45, 2.75) is 38.0 Å². The maximum absolute atomic E-state index is 12.2. The third-order valence-electron chi connectivity index (χ3n) is 4.37. The van der Waals surface area contributed by atoms with Gasteiger partial charge in [0.1, 0.15) is 6.61 Å². The molecular weight excluding hydrogens is 240 g/mol. The highest BCUT2D eigenvalue weighted by molar-refractivity contribution is 5.69. The van der Waals surface area contributed by atoms with E-state index in [4.69, 9.17) is 10.5 Å². The first kappa shape index (κ1) is 12.5. The summed E-state index contributed by atoms with van der Waals surface area (Å²) in [6.07, 6.45) is 3.81. The summed E-state index contributed by atoms with van der Waals surface area (Å²) in [5.74, 6) is 0.606. The minimum absolute atomic E-state index is 0.268. The van der Waals surface area contributed by atoms with Crippen LogP contribution < -0.4 is 5.73 Å². The smallest absolute Gasteiger partial charge is 0.411 e. The molecule has 2 bridgehead atoms. The number of rotatable bonds is 2. The Kier molecular flexibility index (Phi) is 3.19. The van der Waals surface area contributed by atoms with E-state index in [-0.39, 0.29) is 6.09 Å². The second kappa shape index (κ2) is 4.85. The summed E-state index contributed by atoms with van der Waals surface area (Å²) in [6, 6.07) is 9.73. The third-order valence-corrected chi connectivity index (χ3v) is 4.37. The van der Waals surface area contributed by atoms with Crippen LogP contribution in [0, 0.1) is 5.92 Å². The molecule has 102 valence electrons. The number of hydrogen-bond donors (Lipinski definition) is 1. The minimum Gasteiger partial charge on any atom is -0.445 e. The molecule has 1 aromatic carbocycles. The van der Waals surface area contributed by atoms with E-state index >= 15 is 0 Å². The highest BCUT2D eigenvalue weighted by atomic mass is 16.6. The lowest BCUT2D eigenvalue weighted by atomic mass is 9.76. The Hall–Kier alpha value is -1.55. The summed E-state index contributed by atoms with van der Waals surface area (Å²) in [5, 5.41) is 0. The van der Waals surface area contributed by atoms with Crippen LogP contribution in [0.1, 0.15) is 31.2 Å². The number of carbonyl (C=O) groups excluding carboxylic acids is 1. The minimum atomic E-state index is -0.470. The number of ether oxygens (including phenoxy) is 1. The zero-order valence-electron chi connectivity index (χ0n) is 11.0. The van der Waals surface area contributed by atoms with Gasteiger partial charge in [-0.2, -0.15) is 0 Å². The summed E-state index contributed by atoms with van der Waals surface area (Å²) in [5.41, 5.74) is 6.87. The van der Waals surface area contributed by atoms with Crippen LogP contribution >= 0.6 is 0 Å². The Morgan fingerprint density at radius 1 is 1.32 bits per heavy atom. The van der Waals surface area contributed by atoms with Crippen LogP contribution in [0.15, 0.2) is 30.3 Å². The Morgan fingerprint density at radius 3 is 2.63 bits per heavy atom. The van der Waals surface area contributed by atoms with E-state index < -0.39 is 5.66 Å². The maximum atomic E-state index is 12.2. The van der Waals surface area contributed by atoms with Crippen LogP contribution in [-0.2, 0) is 11.3 Å². The number of amides is 1. The zero-order chi connectivity index (χ0) is 13.3. The van der Waals surface area contributed by atoms with Crippen molar-refractivity contribution in [3.63, 3.8) is 0 Å². The van der Waals surface area contributed by atoms with Crippen molar-refractivity contribution >= 4 is 6.09 Å². The molecule has 4 heteroatoms. The van der Waals surface area contributed by atoms with Crippen molar-refractivity contribution in [3.8, 4) is 0 Å². The van der Waals surface area contributed by atoms with E-state index in [2.05, 4.69) is 0 Å². The fourth-order valence-corrected chi connectivity index (χ4v) is 3.12. The first-order valence-corrected chi connectivity index (χ1v) is 6.95. The van der Waals surface area contributed by atoms with Crippen molar-refractivity contribution in [2.75, 3.05) is 6.54 Å². The number of nitrogens with zero attached hydrogens (tertiary/aromatic N) is 1. The first-order valence-electron chi connectivity index (χ1n) is 6.95. The van der Waals surface area contributed by atoms with Crippen molar-refractivity contribution in [1.29, 1.82) is 0 Å². The number of benzene rings is 1. The van der Waals surface area contributed by atoms with Crippen molar-refractivity contribution < 1.29 is 9.53 Å². The predicted molar refractivity (Wildman–Crippen MR) is 72.2 cm³/mol. The van der Waals surface area contributed by atoms with Gasteiger partial charge in [0.05, 0.1) is 5.66 Å². The Morgan fingerprint density at radius 2 is 2.00 bits per heavy atom. The summed E-state index contributed by atoms with van der Waals surface area (Å²) in [6.45, 7) is 1.07. The van der Waals surface area contributed by atoms with Gasteiger partial charge < -0.3 is 10.5 Å². The summed E-state index contributed by atoms with van der Waals surface area (Å²) in [7, 11) is 0. The number of piperidine rings is 2. The lowest BCUT2D eigenvalue weighted by Crippen LogP contribution is -2.65. The molecule has 1 amide bonds. The average molecular weight is 260 g/mol. The van der Waals surface area contributed by atoms with Crippen LogP contribution in [0.4, 0.5) is 4.79 Å². The fraction of sp³-hybridized carbons (Fsp3) is 0.533. The average Bonchev–Trinajstić information content (AvgIpc) is 2.46. The zero-order valence-corrected chi connectivity index (χ0v) is 11.0. The van der Waals surface area contributed by atoms with Crippen LogP contribution in [0.2, 0.25) is 0 Å². The molecule has 2 N–H and O–H groups in total. The summed E-state index contributed by atoms with van der Waals surface area (Å²) < 4.78 is 5.39. The van der Waals surface area contributed by atoms with Crippen molar-refractivity contribution in [1.82, 2.24) is 4.90 Å². The largest absolute Gasteiger partial charge is 0.445 e. The van der Waals surface area contributed by atoms with E-state index in [1.165, 1.54) is 0 Å². The highest BCUT2D eigenvalue weighted by Gasteiger charge is 2.46. The molecule has 2 saturated heterocycles. The molecular formula is C15H20N2O2. The van der Waals surface area contributed by atoms with Crippen LogP contribution in [0.3, 0.4) is 0 Å². The molecule has 2 aliphatic heterocycles. The van der Waals surface area contributed by atoms with Gasteiger partial charge in [-0.25, -0.2) is 4.79 Å². The van der Waals surface area contributed by atoms with Gasteiger partial charge in [0.2, 0.25) is 0 Å². The van der Waals surface area contributed by atoms with Gasteiger partial charge in [0.15, 0.2) is 0 Å². The molecule has 3 aliphatic rings. The van der Waals surface area contributed by atoms with Crippen molar-refractivity contribution in [3.05, 3.63) is 35.9 Å². The molecule has 1 aromatic rings. The van der Waals surface area contributed by atoms with E-state index in [9.17, 15) is 4.79 Å². The van der Waals surface area contributed by atoms with Crippen LogP contribution in [0.25, 0.3) is 0 Å². The standard InChI is InChI=1S/C15H20N2O2/c16-15-8-6-12(7-9-15)10-17(15)14(18)19-11-13-4-2-1-3-5-13/h1-5,12H,6-11,16H2.